The van der Waals surface area contributed by atoms with Gasteiger partial charge in [0.2, 0.25) is 0 Å². The number of aliphatic imine (C=N–C) groups is 2. The fraction of sp³-hybridized carbons (Fsp3) is 0.619. The summed E-state index contributed by atoms with van der Waals surface area (Å²) >= 11 is 0. The van der Waals surface area contributed by atoms with Crippen LogP contribution in [0.1, 0.15) is 69.8 Å². The summed E-state index contributed by atoms with van der Waals surface area (Å²) in [5.74, 6) is 0. The van der Waals surface area contributed by atoms with Crippen LogP contribution in [0.5, 0.6) is 0 Å². The summed E-state index contributed by atoms with van der Waals surface area (Å²) in [6.45, 7) is 1.68. The summed E-state index contributed by atoms with van der Waals surface area (Å²) in [6.07, 6.45) is 13.2. The minimum atomic E-state index is 0.310. The van der Waals surface area contributed by atoms with Crippen LogP contribution in [0, 0.1) is 0 Å². The highest BCUT2D eigenvalue weighted by molar-refractivity contribution is 5.42. The highest BCUT2D eigenvalue weighted by atomic mass is 16.5. The Bertz CT molecular complexity index is 504. The van der Waals surface area contributed by atoms with Gasteiger partial charge in [-0.05, 0) is 31.2 Å². The van der Waals surface area contributed by atoms with Crippen LogP contribution in [0.4, 0.5) is 0 Å². The molecular weight excluding hydrogens is 312 g/mol. The standard InChI is InChI=1S/C13H22N2.C8H7O2/c1-3-7-12(8-4-1)14-11-15-13-9-5-2-6-10-13;9-7-10-6-8-4-2-1-3-5-8/h12-13H,1-10H2;1-5H,6H2. The van der Waals surface area contributed by atoms with Crippen molar-refractivity contribution in [3.8, 4) is 0 Å². The summed E-state index contributed by atoms with van der Waals surface area (Å²) in [7, 11) is 0. The van der Waals surface area contributed by atoms with E-state index in [1.165, 1.54) is 70.7 Å². The molecule has 0 bridgehead atoms. The minimum absolute atomic E-state index is 0.310. The third-order valence-corrected chi connectivity index (χ3v) is 4.77. The minimum Gasteiger partial charge on any atom is -0.452 e. The van der Waals surface area contributed by atoms with Crippen LogP contribution in [0.25, 0.3) is 0 Å². The van der Waals surface area contributed by atoms with E-state index in [4.69, 9.17) is 0 Å². The lowest BCUT2D eigenvalue weighted by molar-refractivity contribution is 0.267. The second-order valence-electron chi connectivity index (χ2n) is 6.80. The number of hydrogen-bond acceptors (Lipinski definition) is 4. The van der Waals surface area contributed by atoms with Crippen molar-refractivity contribution in [3.63, 3.8) is 0 Å². The van der Waals surface area contributed by atoms with E-state index in [0.29, 0.717) is 18.7 Å². The van der Waals surface area contributed by atoms with Crippen LogP contribution in [-0.4, -0.2) is 24.6 Å². The average molecular weight is 341 g/mol. The van der Waals surface area contributed by atoms with Gasteiger partial charge in [0, 0.05) is 0 Å². The van der Waals surface area contributed by atoms with E-state index in [1.54, 1.807) is 0 Å². The lowest BCUT2D eigenvalue weighted by Crippen LogP contribution is -2.10. The monoisotopic (exact) mass is 341 g/mol. The molecule has 0 N–H and O–H groups in total. The molecule has 0 atom stereocenters. The third kappa shape index (κ3) is 8.64. The van der Waals surface area contributed by atoms with Crippen LogP contribution in [-0.2, 0) is 16.1 Å². The maximum atomic E-state index is 9.63. The molecule has 0 aliphatic heterocycles. The number of carbonyl (C=O) groups excluding carboxylic acids is 1. The Morgan fingerprint density at radius 2 is 1.36 bits per heavy atom. The zero-order valence-corrected chi connectivity index (χ0v) is 15.0. The molecule has 0 aromatic heterocycles. The Kier molecular flexibility index (Phi) is 9.65. The Morgan fingerprint density at radius 3 is 1.84 bits per heavy atom. The molecule has 0 unspecified atom stereocenters. The molecule has 25 heavy (non-hydrogen) atoms. The van der Waals surface area contributed by atoms with Gasteiger partial charge in [0.25, 0.3) is 0 Å². The van der Waals surface area contributed by atoms with Gasteiger partial charge < -0.3 is 4.74 Å². The van der Waals surface area contributed by atoms with Gasteiger partial charge in [-0.25, -0.2) is 14.8 Å². The summed E-state index contributed by atoms with van der Waals surface area (Å²) in [5.41, 5.74) is 0.978. The van der Waals surface area contributed by atoms with Gasteiger partial charge in [-0.3, -0.25) is 0 Å². The largest absolute Gasteiger partial charge is 0.452 e. The van der Waals surface area contributed by atoms with Crippen LogP contribution in [0.15, 0.2) is 40.3 Å². The maximum Gasteiger partial charge on any atom is 0.417 e. The molecule has 1 aromatic rings. The second-order valence-corrected chi connectivity index (χ2v) is 6.80. The topological polar surface area (TPSA) is 51.0 Å². The zero-order chi connectivity index (χ0) is 17.6. The molecular formula is C21H29N2O2. The smallest absolute Gasteiger partial charge is 0.417 e. The third-order valence-electron chi connectivity index (χ3n) is 4.77. The first kappa shape index (κ1) is 19.4. The van der Waals surface area contributed by atoms with Gasteiger partial charge in [0.15, 0.2) is 0 Å². The van der Waals surface area contributed by atoms with Gasteiger partial charge in [0.1, 0.15) is 6.61 Å². The second kappa shape index (κ2) is 12.4. The van der Waals surface area contributed by atoms with Crippen LogP contribution >= 0.6 is 0 Å². The molecule has 135 valence electrons. The van der Waals surface area contributed by atoms with Crippen molar-refractivity contribution in [1.29, 1.82) is 0 Å². The number of hydrogen-bond donors (Lipinski definition) is 0. The highest BCUT2D eigenvalue weighted by Gasteiger charge is 2.12. The van der Waals surface area contributed by atoms with Gasteiger partial charge in [0.05, 0.1) is 18.1 Å². The van der Waals surface area contributed by atoms with Crippen LogP contribution in [0.3, 0.4) is 0 Å². The number of ether oxygens (including phenoxy) is 1. The van der Waals surface area contributed by atoms with E-state index in [0.717, 1.165) is 5.56 Å². The predicted molar refractivity (Wildman–Crippen MR) is 101 cm³/mol. The molecule has 2 fully saturated rings. The first-order chi connectivity index (χ1) is 12.4. The van der Waals surface area contributed by atoms with E-state index in [2.05, 4.69) is 20.7 Å². The molecule has 0 amide bonds. The van der Waals surface area contributed by atoms with E-state index >= 15 is 0 Å². The molecule has 2 aliphatic rings. The number of rotatable bonds is 5. The molecule has 2 aliphatic carbocycles. The molecule has 1 radical (unpaired) electrons. The van der Waals surface area contributed by atoms with Crippen molar-refractivity contribution in [2.24, 2.45) is 9.98 Å². The van der Waals surface area contributed by atoms with Crippen LogP contribution in [0.2, 0.25) is 0 Å². The van der Waals surface area contributed by atoms with Gasteiger partial charge in [-0.1, -0.05) is 68.9 Å². The van der Waals surface area contributed by atoms with Gasteiger partial charge in [-0.15, -0.1) is 0 Å². The van der Waals surface area contributed by atoms with E-state index in [9.17, 15) is 4.79 Å². The van der Waals surface area contributed by atoms with Crippen molar-refractivity contribution in [2.45, 2.75) is 82.9 Å². The normalized spacial score (nSPS) is 18.2. The van der Waals surface area contributed by atoms with Gasteiger partial charge >= 0.3 is 6.47 Å². The van der Waals surface area contributed by atoms with Crippen LogP contribution < -0.4 is 0 Å². The fourth-order valence-electron chi connectivity index (χ4n) is 3.30. The lowest BCUT2D eigenvalue weighted by atomic mass is 9.96. The highest BCUT2D eigenvalue weighted by Crippen LogP contribution is 2.21. The van der Waals surface area contributed by atoms with E-state index < -0.39 is 0 Å². The van der Waals surface area contributed by atoms with Crippen molar-refractivity contribution < 1.29 is 9.53 Å². The summed E-state index contributed by atoms with van der Waals surface area (Å²) in [6, 6.07) is 13.5. The zero-order valence-electron chi connectivity index (χ0n) is 15.0. The van der Waals surface area contributed by atoms with E-state index in [-0.39, 0.29) is 0 Å². The fourth-order valence-corrected chi connectivity index (χ4v) is 3.30. The number of benzene rings is 1. The van der Waals surface area contributed by atoms with Crippen molar-refractivity contribution >= 4 is 12.5 Å². The average Bonchev–Trinajstić information content (AvgIpc) is 2.69. The lowest BCUT2D eigenvalue weighted by Gasteiger charge is -2.17. The summed E-state index contributed by atoms with van der Waals surface area (Å²) in [4.78, 5) is 18.6. The van der Waals surface area contributed by atoms with E-state index in [1.807, 2.05) is 30.3 Å². The first-order valence-electron chi connectivity index (χ1n) is 9.56. The molecule has 1 aromatic carbocycles. The first-order valence-corrected chi connectivity index (χ1v) is 9.56. The Morgan fingerprint density at radius 1 is 0.840 bits per heavy atom. The van der Waals surface area contributed by atoms with Crippen molar-refractivity contribution in [3.05, 3.63) is 35.9 Å². The SMILES string of the molecule is C(=NC1CCCCC1)=NC1CCCCC1.O=[C]OCc1ccccc1. The summed E-state index contributed by atoms with van der Waals surface area (Å²) < 4.78 is 4.41. The molecule has 3 rings (SSSR count). The Hall–Kier alpha value is -1.93. The Labute approximate surface area is 151 Å². The maximum absolute atomic E-state index is 9.63. The predicted octanol–water partition coefficient (Wildman–Crippen LogP) is 5.10. The molecule has 4 nitrogen and oxygen atoms in total. The molecule has 0 saturated heterocycles. The summed E-state index contributed by atoms with van der Waals surface area (Å²) in [5, 5.41) is 0. The van der Waals surface area contributed by atoms with Crippen molar-refractivity contribution in [1.82, 2.24) is 0 Å². The quantitative estimate of drug-likeness (QED) is 0.700. The van der Waals surface area contributed by atoms with Crippen molar-refractivity contribution in [2.75, 3.05) is 0 Å². The Balaban J connectivity index is 0.000000196. The number of nitrogens with zero attached hydrogens (tertiary/aromatic N) is 2. The molecule has 4 heteroatoms. The molecule has 0 heterocycles. The molecule has 2 saturated carbocycles. The van der Waals surface area contributed by atoms with Gasteiger partial charge in [-0.2, -0.15) is 0 Å². The molecule has 0 spiro atoms.